The number of amides is 2. The molecule has 0 bridgehead atoms. The fraction of sp³-hybridized carbons (Fsp3) is 0.441. The number of nitrogens with zero attached hydrogens (tertiary/aromatic N) is 4. The monoisotopic (exact) mass is 602 g/mol. The molecule has 2 N–H and O–H groups in total. The first-order chi connectivity index (χ1) is 20.9. The van der Waals surface area contributed by atoms with Gasteiger partial charge in [0.2, 0.25) is 11.8 Å². The summed E-state index contributed by atoms with van der Waals surface area (Å²) in [4.78, 5) is 39.0. The molecule has 1 aromatic heterocycles. The summed E-state index contributed by atoms with van der Waals surface area (Å²) in [6.45, 7) is 10.6. The van der Waals surface area contributed by atoms with Gasteiger partial charge < -0.3 is 20.4 Å². The van der Waals surface area contributed by atoms with Crippen molar-refractivity contribution in [2.75, 3.05) is 45.8 Å². The summed E-state index contributed by atoms with van der Waals surface area (Å²) in [5, 5.41) is 7.12. The Morgan fingerprint density at radius 2 is 1.67 bits per heavy atom. The summed E-state index contributed by atoms with van der Waals surface area (Å²) in [5.41, 5.74) is 4.40. The van der Waals surface area contributed by atoms with Crippen LogP contribution in [-0.4, -0.2) is 89.4 Å². The first kappa shape index (κ1) is 31.1. The summed E-state index contributed by atoms with van der Waals surface area (Å²) in [6, 6.07) is 20.9. The highest BCUT2D eigenvalue weighted by molar-refractivity contribution is 6.30. The lowest BCUT2D eigenvalue weighted by Gasteiger charge is -2.41. The molecule has 2 aliphatic rings. The number of halogens is 1. The molecule has 1 saturated heterocycles. The van der Waals surface area contributed by atoms with E-state index in [0.29, 0.717) is 37.5 Å². The number of pyridine rings is 1. The van der Waals surface area contributed by atoms with Crippen LogP contribution in [-0.2, 0) is 29.0 Å². The van der Waals surface area contributed by atoms with Crippen LogP contribution in [0.4, 0.5) is 0 Å². The molecule has 2 aromatic carbocycles. The lowest BCUT2D eigenvalue weighted by atomic mass is 9.95. The molecule has 9 heteroatoms. The van der Waals surface area contributed by atoms with Crippen molar-refractivity contribution in [3.8, 4) is 0 Å². The Kier molecular flexibility index (Phi) is 10.8. The van der Waals surface area contributed by atoms with E-state index in [-0.39, 0.29) is 23.9 Å². The SMILES string of the molecule is CCN(CC)CC(c1ccccn1)N1CCN(C(=O)[C@@H](Cc2ccc(Cl)cc2)NC(=O)[C@H]2Cc3ccccc3CN2)CC1. The van der Waals surface area contributed by atoms with Crippen LogP contribution in [0.3, 0.4) is 0 Å². The molecule has 5 rings (SSSR count). The summed E-state index contributed by atoms with van der Waals surface area (Å²) >= 11 is 6.13. The lowest BCUT2D eigenvalue weighted by Crippen LogP contribution is -2.58. The van der Waals surface area contributed by atoms with Crippen LogP contribution >= 0.6 is 11.6 Å². The number of rotatable bonds is 11. The Balaban J connectivity index is 1.27. The maximum Gasteiger partial charge on any atom is 0.245 e. The Labute approximate surface area is 260 Å². The molecule has 0 saturated carbocycles. The molecule has 0 radical (unpaired) electrons. The Bertz CT molecular complexity index is 1340. The van der Waals surface area contributed by atoms with Gasteiger partial charge in [-0.15, -0.1) is 0 Å². The van der Waals surface area contributed by atoms with Crippen molar-refractivity contribution in [1.29, 1.82) is 0 Å². The van der Waals surface area contributed by atoms with Gasteiger partial charge in [-0.2, -0.15) is 0 Å². The van der Waals surface area contributed by atoms with E-state index < -0.39 is 6.04 Å². The number of hydrogen-bond donors (Lipinski definition) is 2. The highest BCUT2D eigenvalue weighted by atomic mass is 35.5. The molecule has 0 spiro atoms. The molecule has 2 aliphatic heterocycles. The van der Waals surface area contributed by atoms with E-state index in [1.165, 1.54) is 11.1 Å². The third-order valence-corrected chi connectivity index (χ3v) is 9.04. The van der Waals surface area contributed by atoms with Gasteiger partial charge in [-0.05, 0) is 60.5 Å². The second kappa shape index (κ2) is 14.9. The van der Waals surface area contributed by atoms with Gasteiger partial charge >= 0.3 is 0 Å². The highest BCUT2D eigenvalue weighted by Crippen LogP contribution is 2.23. The number of fused-ring (bicyclic) bond motifs is 1. The fourth-order valence-electron chi connectivity index (χ4n) is 6.14. The van der Waals surface area contributed by atoms with E-state index in [0.717, 1.165) is 44.0 Å². The first-order valence-corrected chi connectivity index (χ1v) is 15.8. The van der Waals surface area contributed by atoms with Crippen LogP contribution < -0.4 is 10.6 Å². The summed E-state index contributed by atoms with van der Waals surface area (Å²) in [7, 11) is 0. The van der Waals surface area contributed by atoms with Crippen LogP contribution in [0.5, 0.6) is 0 Å². The van der Waals surface area contributed by atoms with E-state index in [2.05, 4.69) is 52.5 Å². The molecule has 3 heterocycles. The van der Waals surface area contributed by atoms with Gasteiger partial charge in [0.25, 0.3) is 0 Å². The van der Waals surface area contributed by atoms with Gasteiger partial charge in [-0.3, -0.25) is 19.5 Å². The molecular formula is C34H43ClN6O2. The average molecular weight is 603 g/mol. The number of benzene rings is 2. The van der Waals surface area contributed by atoms with Gasteiger partial charge in [-0.1, -0.05) is 67.9 Å². The number of carbonyl (C=O) groups is 2. The minimum Gasteiger partial charge on any atom is -0.343 e. The van der Waals surface area contributed by atoms with Gasteiger partial charge in [0, 0.05) is 56.9 Å². The van der Waals surface area contributed by atoms with Gasteiger partial charge in [-0.25, -0.2) is 0 Å². The van der Waals surface area contributed by atoms with Crippen molar-refractivity contribution < 1.29 is 9.59 Å². The van der Waals surface area contributed by atoms with Crippen LogP contribution in [0.1, 0.15) is 42.3 Å². The van der Waals surface area contributed by atoms with E-state index in [1.54, 1.807) is 0 Å². The summed E-state index contributed by atoms with van der Waals surface area (Å²) < 4.78 is 0. The molecule has 2 amide bonds. The predicted octanol–water partition coefficient (Wildman–Crippen LogP) is 3.70. The third-order valence-electron chi connectivity index (χ3n) is 8.79. The minimum atomic E-state index is -0.665. The molecule has 3 atom stereocenters. The normalized spacial score (nSPS) is 18.6. The fourth-order valence-corrected chi connectivity index (χ4v) is 6.26. The van der Waals surface area contributed by atoms with Crippen LogP contribution in [0.25, 0.3) is 0 Å². The largest absolute Gasteiger partial charge is 0.343 e. The van der Waals surface area contributed by atoms with E-state index >= 15 is 0 Å². The smallest absolute Gasteiger partial charge is 0.245 e. The van der Waals surface area contributed by atoms with E-state index in [4.69, 9.17) is 16.6 Å². The molecule has 0 aliphatic carbocycles. The van der Waals surface area contributed by atoms with Crippen LogP contribution in [0.15, 0.2) is 72.9 Å². The second-order valence-corrected chi connectivity index (χ2v) is 11.9. The third kappa shape index (κ3) is 8.00. The quantitative estimate of drug-likeness (QED) is 0.348. The molecule has 1 fully saturated rings. The zero-order valence-corrected chi connectivity index (χ0v) is 26.0. The molecule has 1 unspecified atom stereocenters. The maximum absolute atomic E-state index is 14.0. The Hall–Kier alpha value is -3.30. The second-order valence-electron chi connectivity index (χ2n) is 11.4. The number of hydrogen-bond acceptors (Lipinski definition) is 6. The molecule has 3 aromatic rings. The van der Waals surface area contributed by atoms with Gasteiger partial charge in [0.15, 0.2) is 0 Å². The maximum atomic E-state index is 14.0. The summed E-state index contributed by atoms with van der Waals surface area (Å²) in [6.07, 6.45) is 2.86. The number of likely N-dealkylation sites (N-methyl/N-ethyl adjacent to an activating group) is 1. The van der Waals surface area contributed by atoms with Crippen molar-refractivity contribution >= 4 is 23.4 Å². The van der Waals surface area contributed by atoms with Crippen LogP contribution in [0.2, 0.25) is 5.02 Å². The predicted molar refractivity (Wildman–Crippen MR) is 171 cm³/mol. The molecular weight excluding hydrogens is 560 g/mol. The standard InChI is InChI=1S/C34H43ClN6O2/c1-3-39(4-2)24-32(29-11-7-8-16-36-29)40-17-19-41(20-18-40)34(43)31(21-25-12-14-28(35)15-13-25)38-33(42)30-22-26-9-5-6-10-27(26)23-37-30/h5-16,30-32,37H,3-4,17-24H2,1-2H3,(H,38,42)/t30-,31-,32?/m1/s1. The van der Waals surface area contributed by atoms with Crippen molar-refractivity contribution in [2.45, 2.75) is 51.4 Å². The number of piperazine rings is 1. The number of aromatic nitrogens is 1. The van der Waals surface area contributed by atoms with Crippen molar-refractivity contribution in [1.82, 2.24) is 30.3 Å². The van der Waals surface area contributed by atoms with Gasteiger partial charge in [0.05, 0.1) is 17.8 Å². The average Bonchev–Trinajstić information content (AvgIpc) is 3.06. The van der Waals surface area contributed by atoms with E-state index in [1.807, 2.05) is 59.6 Å². The molecule has 8 nitrogen and oxygen atoms in total. The van der Waals surface area contributed by atoms with Crippen LogP contribution in [0, 0.1) is 0 Å². The van der Waals surface area contributed by atoms with Gasteiger partial charge in [0.1, 0.15) is 6.04 Å². The highest BCUT2D eigenvalue weighted by Gasteiger charge is 2.34. The zero-order valence-electron chi connectivity index (χ0n) is 25.2. The van der Waals surface area contributed by atoms with Crippen molar-refractivity contribution in [2.24, 2.45) is 0 Å². The Morgan fingerprint density at radius 1 is 0.977 bits per heavy atom. The topological polar surface area (TPSA) is 80.8 Å². The van der Waals surface area contributed by atoms with Crippen molar-refractivity contribution in [3.63, 3.8) is 0 Å². The minimum absolute atomic E-state index is 0.0442. The van der Waals surface area contributed by atoms with E-state index in [9.17, 15) is 9.59 Å². The zero-order chi connectivity index (χ0) is 30.2. The molecule has 43 heavy (non-hydrogen) atoms. The lowest BCUT2D eigenvalue weighted by molar-refractivity contribution is -0.138. The number of nitrogens with one attached hydrogen (secondary N) is 2. The number of carbonyl (C=O) groups excluding carboxylic acids is 2. The first-order valence-electron chi connectivity index (χ1n) is 15.5. The Morgan fingerprint density at radius 3 is 2.35 bits per heavy atom. The summed E-state index contributed by atoms with van der Waals surface area (Å²) in [5.74, 6) is -0.188. The van der Waals surface area contributed by atoms with Crippen molar-refractivity contribution in [3.05, 3.63) is 100 Å². The molecule has 228 valence electrons.